The SMILES string of the molecule is CSC1=CCC(=O)S1. The summed E-state index contributed by atoms with van der Waals surface area (Å²) in [5, 5.41) is 0.273. The van der Waals surface area contributed by atoms with Crippen LogP contribution in [0, 0.1) is 0 Å². The number of hydrogen-bond donors (Lipinski definition) is 0. The van der Waals surface area contributed by atoms with Gasteiger partial charge in [-0.15, -0.1) is 11.8 Å². The molecule has 1 aliphatic heterocycles. The van der Waals surface area contributed by atoms with Crippen LogP contribution in [0.25, 0.3) is 0 Å². The molecule has 0 saturated carbocycles. The fourth-order valence-corrected chi connectivity index (χ4v) is 1.91. The molecule has 0 saturated heterocycles. The standard InChI is InChI=1S/C5H6OS2/c1-7-5-3-2-4(6)8-5/h3H,2H2,1H3. The van der Waals surface area contributed by atoms with Crippen LogP contribution in [0.1, 0.15) is 6.42 Å². The Kier molecular flexibility index (Phi) is 2.02. The van der Waals surface area contributed by atoms with Gasteiger partial charge in [0.2, 0.25) is 0 Å². The summed E-state index contributed by atoms with van der Waals surface area (Å²) in [7, 11) is 0. The van der Waals surface area contributed by atoms with E-state index in [-0.39, 0.29) is 5.12 Å². The molecule has 1 nitrogen and oxygen atoms in total. The Hall–Kier alpha value is 0.110. The molecule has 0 spiro atoms. The normalized spacial score (nSPS) is 19.1. The second kappa shape index (κ2) is 2.60. The van der Waals surface area contributed by atoms with Gasteiger partial charge in [-0.2, -0.15) is 0 Å². The summed E-state index contributed by atoms with van der Waals surface area (Å²) in [6, 6.07) is 0. The molecule has 1 rings (SSSR count). The minimum atomic E-state index is 0.273. The van der Waals surface area contributed by atoms with Crippen molar-refractivity contribution < 1.29 is 4.79 Å². The smallest absolute Gasteiger partial charge is 0.198 e. The van der Waals surface area contributed by atoms with Gasteiger partial charge in [0.25, 0.3) is 0 Å². The number of rotatable bonds is 1. The van der Waals surface area contributed by atoms with E-state index in [0.717, 1.165) is 4.24 Å². The third-order valence-electron chi connectivity index (χ3n) is 0.851. The van der Waals surface area contributed by atoms with Crippen LogP contribution < -0.4 is 0 Å². The van der Waals surface area contributed by atoms with E-state index in [4.69, 9.17) is 0 Å². The van der Waals surface area contributed by atoms with Crippen LogP contribution in [0.5, 0.6) is 0 Å². The van der Waals surface area contributed by atoms with E-state index in [1.54, 1.807) is 11.8 Å². The minimum absolute atomic E-state index is 0.273. The Morgan fingerprint density at radius 2 is 2.62 bits per heavy atom. The van der Waals surface area contributed by atoms with Crippen molar-refractivity contribution in [1.29, 1.82) is 0 Å². The minimum Gasteiger partial charge on any atom is -0.286 e. The Bertz CT molecular complexity index is 139. The number of carbonyl (C=O) groups is 1. The lowest BCUT2D eigenvalue weighted by molar-refractivity contribution is -0.110. The monoisotopic (exact) mass is 146 g/mol. The molecule has 0 bridgehead atoms. The van der Waals surface area contributed by atoms with Crippen LogP contribution in [0.15, 0.2) is 10.3 Å². The molecule has 3 heteroatoms. The zero-order valence-corrected chi connectivity index (χ0v) is 6.14. The Morgan fingerprint density at radius 1 is 1.88 bits per heavy atom. The molecule has 0 aromatic rings. The molecule has 0 unspecified atom stereocenters. The van der Waals surface area contributed by atoms with Gasteiger partial charge in [-0.05, 0) is 18.0 Å². The summed E-state index contributed by atoms with van der Waals surface area (Å²) in [5.41, 5.74) is 0. The van der Waals surface area contributed by atoms with Gasteiger partial charge in [-0.3, -0.25) is 4.79 Å². The van der Waals surface area contributed by atoms with Crippen molar-refractivity contribution in [3.8, 4) is 0 Å². The van der Waals surface area contributed by atoms with Crippen molar-refractivity contribution in [2.45, 2.75) is 6.42 Å². The summed E-state index contributed by atoms with van der Waals surface area (Å²) in [4.78, 5) is 10.5. The summed E-state index contributed by atoms with van der Waals surface area (Å²) in [5.74, 6) is 0. The second-order valence-electron chi connectivity index (χ2n) is 1.41. The van der Waals surface area contributed by atoms with Crippen LogP contribution in [0.2, 0.25) is 0 Å². The Balaban J connectivity index is 2.49. The Labute approximate surface area is 56.9 Å². The highest BCUT2D eigenvalue weighted by atomic mass is 32.2. The maximum Gasteiger partial charge on any atom is 0.198 e. The maximum absolute atomic E-state index is 10.5. The lowest BCUT2D eigenvalue weighted by Crippen LogP contribution is -1.76. The first-order valence-electron chi connectivity index (χ1n) is 2.28. The lowest BCUT2D eigenvalue weighted by atomic mass is 10.5. The predicted molar refractivity (Wildman–Crippen MR) is 38.8 cm³/mol. The average Bonchev–Trinajstić information content (AvgIpc) is 2.14. The quantitative estimate of drug-likeness (QED) is 0.562. The molecule has 8 heavy (non-hydrogen) atoms. The van der Waals surface area contributed by atoms with Crippen LogP contribution >= 0.6 is 23.5 Å². The highest BCUT2D eigenvalue weighted by molar-refractivity contribution is 8.29. The molecule has 44 valence electrons. The van der Waals surface area contributed by atoms with Gasteiger partial charge in [-0.25, -0.2) is 0 Å². The summed E-state index contributed by atoms with van der Waals surface area (Å²) in [6.07, 6.45) is 4.58. The van der Waals surface area contributed by atoms with Gasteiger partial charge in [0.1, 0.15) is 0 Å². The average molecular weight is 146 g/mol. The van der Waals surface area contributed by atoms with E-state index in [1.165, 1.54) is 11.8 Å². The molecule has 0 N–H and O–H groups in total. The molecule has 0 fully saturated rings. The first-order valence-corrected chi connectivity index (χ1v) is 4.32. The van der Waals surface area contributed by atoms with E-state index >= 15 is 0 Å². The molecule has 0 aromatic heterocycles. The van der Waals surface area contributed by atoms with Crippen molar-refractivity contribution >= 4 is 28.6 Å². The fraction of sp³-hybridized carbons (Fsp3) is 0.400. The summed E-state index contributed by atoms with van der Waals surface area (Å²) in [6.45, 7) is 0. The Morgan fingerprint density at radius 3 is 2.88 bits per heavy atom. The molecular formula is C5H6OS2. The number of carbonyl (C=O) groups excluding carboxylic acids is 1. The zero-order chi connectivity index (χ0) is 5.98. The zero-order valence-electron chi connectivity index (χ0n) is 4.51. The second-order valence-corrected chi connectivity index (χ2v) is 3.61. The predicted octanol–water partition coefficient (Wildman–Crippen LogP) is 1.85. The summed E-state index contributed by atoms with van der Waals surface area (Å²) >= 11 is 2.99. The van der Waals surface area contributed by atoms with Crippen LogP contribution in [-0.2, 0) is 4.79 Å². The fourth-order valence-electron chi connectivity index (χ4n) is 0.487. The molecule has 0 aromatic carbocycles. The van der Waals surface area contributed by atoms with Crippen molar-refractivity contribution in [2.75, 3.05) is 6.26 Å². The van der Waals surface area contributed by atoms with Crippen LogP contribution in [0.3, 0.4) is 0 Å². The van der Waals surface area contributed by atoms with E-state index in [2.05, 4.69) is 0 Å². The number of allylic oxidation sites excluding steroid dienone is 1. The van der Waals surface area contributed by atoms with E-state index < -0.39 is 0 Å². The van der Waals surface area contributed by atoms with Gasteiger partial charge < -0.3 is 0 Å². The number of thioether (sulfide) groups is 2. The first-order chi connectivity index (χ1) is 3.83. The largest absolute Gasteiger partial charge is 0.286 e. The van der Waals surface area contributed by atoms with Gasteiger partial charge in [0.15, 0.2) is 5.12 Å². The number of hydrogen-bond acceptors (Lipinski definition) is 3. The molecular weight excluding hydrogens is 140 g/mol. The van der Waals surface area contributed by atoms with Crippen molar-refractivity contribution in [2.24, 2.45) is 0 Å². The first kappa shape index (κ1) is 6.23. The van der Waals surface area contributed by atoms with Gasteiger partial charge in [0, 0.05) is 10.7 Å². The molecule has 0 radical (unpaired) electrons. The molecule has 1 heterocycles. The van der Waals surface area contributed by atoms with Crippen molar-refractivity contribution in [3.63, 3.8) is 0 Å². The summed E-state index contributed by atoms with van der Waals surface area (Å²) < 4.78 is 1.15. The molecule has 1 aliphatic rings. The maximum atomic E-state index is 10.5. The molecule has 0 amide bonds. The highest BCUT2D eigenvalue weighted by Gasteiger charge is 2.11. The highest BCUT2D eigenvalue weighted by Crippen LogP contribution is 2.33. The third kappa shape index (κ3) is 1.29. The van der Waals surface area contributed by atoms with Gasteiger partial charge in [0.05, 0.1) is 0 Å². The van der Waals surface area contributed by atoms with Crippen LogP contribution in [0.4, 0.5) is 0 Å². The topological polar surface area (TPSA) is 17.1 Å². The van der Waals surface area contributed by atoms with E-state index in [0.29, 0.717) is 6.42 Å². The lowest BCUT2D eigenvalue weighted by Gasteiger charge is -1.87. The van der Waals surface area contributed by atoms with Crippen LogP contribution in [-0.4, -0.2) is 11.4 Å². The van der Waals surface area contributed by atoms with Crippen molar-refractivity contribution in [1.82, 2.24) is 0 Å². The van der Waals surface area contributed by atoms with Crippen molar-refractivity contribution in [3.05, 3.63) is 10.3 Å². The molecule has 0 atom stereocenters. The van der Waals surface area contributed by atoms with E-state index in [1.807, 2.05) is 12.3 Å². The van der Waals surface area contributed by atoms with E-state index in [9.17, 15) is 4.79 Å². The molecule has 0 aliphatic carbocycles. The van der Waals surface area contributed by atoms with Gasteiger partial charge in [-0.1, -0.05) is 6.08 Å². The third-order valence-corrected chi connectivity index (χ3v) is 2.93. The van der Waals surface area contributed by atoms with Gasteiger partial charge >= 0.3 is 0 Å².